The SMILES string of the molecule is COc1ccc(CN2CC[C@@H]2C(=O)NCc2nccs2)cc1. The third-order valence-electron chi connectivity index (χ3n) is 3.88. The Morgan fingerprint density at radius 3 is 2.86 bits per heavy atom. The zero-order chi connectivity index (χ0) is 15.4. The molecule has 6 heteroatoms. The van der Waals surface area contributed by atoms with Crippen LogP contribution in [-0.2, 0) is 17.9 Å². The molecule has 1 atom stereocenters. The summed E-state index contributed by atoms with van der Waals surface area (Å²) in [6.45, 7) is 2.27. The van der Waals surface area contributed by atoms with Crippen LogP contribution in [0.15, 0.2) is 35.8 Å². The second-order valence-corrected chi connectivity index (χ2v) is 6.25. The topological polar surface area (TPSA) is 54.5 Å². The fourth-order valence-electron chi connectivity index (χ4n) is 2.51. The lowest BCUT2D eigenvalue weighted by atomic mass is 10.0. The molecule has 0 unspecified atom stereocenters. The van der Waals surface area contributed by atoms with Crippen LogP contribution in [0.4, 0.5) is 0 Å². The van der Waals surface area contributed by atoms with Gasteiger partial charge in [-0.25, -0.2) is 4.98 Å². The molecule has 1 aromatic heterocycles. The van der Waals surface area contributed by atoms with E-state index in [-0.39, 0.29) is 11.9 Å². The van der Waals surface area contributed by atoms with Gasteiger partial charge >= 0.3 is 0 Å². The molecule has 0 radical (unpaired) electrons. The van der Waals surface area contributed by atoms with Gasteiger partial charge in [-0.1, -0.05) is 12.1 Å². The first-order valence-corrected chi connectivity index (χ1v) is 8.17. The van der Waals surface area contributed by atoms with Crippen LogP contribution in [0, 0.1) is 0 Å². The van der Waals surface area contributed by atoms with Crippen LogP contribution in [-0.4, -0.2) is 35.5 Å². The van der Waals surface area contributed by atoms with E-state index in [2.05, 4.69) is 15.2 Å². The van der Waals surface area contributed by atoms with Crippen LogP contribution >= 0.6 is 11.3 Å². The molecule has 2 heterocycles. The molecule has 0 spiro atoms. The molecule has 1 aromatic carbocycles. The van der Waals surface area contributed by atoms with Gasteiger partial charge in [-0.15, -0.1) is 11.3 Å². The average molecular weight is 317 g/mol. The summed E-state index contributed by atoms with van der Waals surface area (Å²) in [5, 5.41) is 5.83. The van der Waals surface area contributed by atoms with Gasteiger partial charge in [-0.05, 0) is 24.1 Å². The molecule has 1 saturated heterocycles. The minimum atomic E-state index is -0.0259. The predicted octanol–water partition coefficient (Wildman–Crippen LogP) is 2.04. The lowest BCUT2D eigenvalue weighted by molar-refractivity contribution is -0.131. The van der Waals surface area contributed by atoms with Gasteiger partial charge in [0.1, 0.15) is 10.8 Å². The molecule has 1 fully saturated rings. The van der Waals surface area contributed by atoms with Gasteiger partial charge in [0.2, 0.25) is 5.91 Å². The summed E-state index contributed by atoms with van der Waals surface area (Å²) in [7, 11) is 1.66. The maximum Gasteiger partial charge on any atom is 0.237 e. The molecule has 0 aliphatic carbocycles. The Kier molecular flexibility index (Phi) is 4.70. The quantitative estimate of drug-likeness (QED) is 0.886. The molecular weight excluding hydrogens is 298 g/mol. The summed E-state index contributed by atoms with van der Waals surface area (Å²) >= 11 is 1.56. The number of rotatable bonds is 6. The number of hydrogen-bond donors (Lipinski definition) is 1. The highest BCUT2D eigenvalue weighted by Crippen LogP contribution is 2.22. The van der Waals surface area contributed by atoms with Gasteiger partial charge in [0.15, 0.2) is 0 Å². The van der Waals surface area contributed by atoms with Gasteiger partial charge in [0.05, 0.1) is 19.7 Å². The fourth-order valence-corrected chi connectivity index (χ4v) is 3.07. The van der Waals surface area contributed by atoms with Gasteiger partial charge in [-0.3, -0.25) is 9.69 Å². The smallest absolute Gasteiger partial charge is 0.237 e. The molecular formula is C16H19N3O2S. The highest BCUT2D eigenvalue weighted by Gasteiger charge is 2.33. The minimum Gasteiger partial charge on any atom is -0.497 e. The maximum atomic E-state index is 12.2. The predicted molar refractivity (Wildman–Crippen MR) is 85.8 cm³/mol. The standard InChI is InChI=1S/C16H19N3O2S/c1-21-13-4-2-12(3-5-13)11-19-8-6-14(19)16(20)18-10-15-17-7-9-22-15/h2-5,7,9,14H,6,8,10-11H2,1H3,(H,18,20)/t14-/m1/s1. The number of nitrogens with one attached hydrogen (secondary N) is 1. The molecule has 0 bridgehead atoms. The summed E-state index contributed by atoms with van der Waals surface area (Å²) < 4.78 is 5.16. The lowest BCUT2D eigenvalue weighted by Gasteiger charge is -2.39. The minimum absolute atomic E-state index is 0.0259. The van der Waals surface area contributed by atoms with E-state index >= 15 is 0 Å². The number of amides is 1. The molecule has 1 aliphatic heterocycles. The molecule has 3 rings (SSSR count). The molecule has 22 heavy (non-hydrogen) atoms. The van der Waals surface area contributed by atoms with Crippen LogP contribution in [0.3, 0.4) is 0 Å². The number of ether oxygens (including phenoxy) is 1. The summed E-state index contributed by atoms with van der Waals surface area (Å²) in [6.07, 6.45) is 2.67. The van der Waals surface area contributed by atoms with E-state index in [1.807, 2.05) is 29.6 Å². The Balaban J connectivity index is 1.51. The molecule has 1 aliphatic rings. The summed E-state index contributed by atoms with van der Waals surface area (Å²) in [5.41, 5.74) is 1.19. The first-order valence-electron chi connectivity index (χ1n) is 7.29. The number of hydrogen-bond acceptors (Lipinski definition) is 5. The van der Waals surface area contributed by atoms with Crippen molar-refractivity contribution in [3.63, 3.8) is 0 Å². The van der Waals surface area contributed by atoms with E-state index in [4.69, 9.17) is 4.74 Å². The van der Waals surface area contributed by atoms with Crippen LogP contribution in [0.5, 0.6) is 5.75 Å². The lowest BCUT2D eigenvalue weighted by Crippen LogP contribution is -2.55. The first kappa shape index (κ1) is 15.0. The van der Waals surface area contributed by atoms with Gasteiger partial charge < -0.3 is 10.1 Å². The van der Waals surface area contributed by atoms with E-state index in [0.29, 0.717) is 6.54 Å². The molecule has 1 amide bonds. The van der Waals surface area contributed by atoms with Crippen molar-refractivity contribution in [1.29, 1.82) is 0 Å². The number of carbonyl (C=O) groups is 1. The van der Waals surface area contributed by atoms with Crippen molar-refractivity contribution in [2.45, 2.75) is 25.6 Å². The van der Waals surface area contributed by atoms with E-state index in [1.54, 1.807) is 24.6 Å². The van der Waals surface area contributed by atoms with Crippen molar-refractivity contribution in [2.24, 2.45) is 0 Å². The van der Waals surface area contributed by atoms with Crippen LogP contribution in [0.25, 0.3) is 0 Å². The Hall–Kier alpha value is -1.92. The normalized spacial score (nSPS) is 17.8. The fraction of sp³-hybridized carbons (Fsp3) is 0.375. The van der Waals surface area contributed by atoms with Gasteiger partial charge in [-0.2, -0.15) is 0 Å². The third-order valence-corrected chi connectivity index (χ3v) is 4.65. The van der Waals surface area contributed by atoms with Crippen molar-refractivity contribution in [3.05, 3.63) is 46.4 Å². The van der Waals surface area contributed by atoms with E-state index < -0.39 is 0 Å². The zero-order valence-corrected chi connectivity index (χ0v) is 13.3. The Morgan fingerprint density at radius 2 is 2.27 bits per heavy atom. The summed E-state index contributed by atoms with van der Waals surface area (Å²) in [6, 6.07) is 7.96. The van der Waals surface area contributed by atoms with Crippen LogP contribution in [0.1, 0.15) is 17.0 Å². The number of likely N-dealkylation sites (tertiary alicyclic amines) is 1. The Morgan fingerprint density at radius 1 is 1.45 bits per heavy atom. The van der Waals surface area contributed by atoms with E-state index in [1.165, 1.54) is 5.56 Å². The van der Waals surface area contributed by atoms with Crippen LogP contribution < -0.4 is 10.1 Å². The molecule has 0 saturated carbocycles. The number of methoxy groups -OCH3 is 1. The van der Waals surface area contributed by atoms with Crippen molar-refractivity contribution >= 4 is 17.2 Å². The first-order chi connectivity index (χ1) is 10.8. The maximum absolute atomic E-state index is 12.2. The van der Waals surface area contributed by atoms with Crippen molar-refractivity contribution in [2.75, 3.05) is 13.7 Å². The van der Waals surface area contributed by atoms with E-state index in [0.717, 1.165) is 30.3 Å². The molecule has 2 aromatic rings. The highest BCUT2D eigenvalue weighted by atomic mass is 32.1. The van der Waals surface area contributed by atoms with Crippen molar-refractivity contribution in [1.82, 2.24) is 15.2 Å². The van der Waals surface area contributed by atoms with Gasteiger partial charge in [0.25, 0.3) is 0 Å². The Bertz CT molecular complexity index is 613. The van der Waals surface area contributed by atoms with Crippen LogP contribution in [0.2, 0.25) is 0 Å². The molecule has 5 nitrogen and oxygen atoms in total. The largest absolute Gasteiger partial charge is 0.497 e. The molecule has 116 valence electrons. The zero-order valence-electron chi connectivity index (χ0n) is 12.5. The van der Waals surface area contributed by atoms with E-state index in [9.17, 15) is 4.79 Å². The van der Waals surface area contributed by atoms with Crippen molar-refractivity contribution < 1.29 is 9.53 Å². The number of thiazole rings is 1. The van der Waals surface area contributed by atoms with Gasteiger partial charge in [0, 0.05) is 24.7 Å². The number of benzene rings is 1. The summed E-state index contributed by atoms with van der Waals surface area (Å²) in [4.78, 5) is 18.6. The highest BCUT2D eigenvalue weighted by molar-refractivity contribution is 7.09. The average Bonchev–Trinajstić information content (AvgIpc) is 3.03. The number of carbonyl (C=O) groups excluding carboxylic acids is 1. The summed E-state index contributed by atoms with van der Waals surface area (Å²) in [5.74, 6) is 0.945. The number of aromatic nitrogens is 1. The second kappa shape index (κ2) is 6.89. The molecule has 1 N–H and O–H groups in total. The third kappa shape index (κ3) is 3.45. The van der Waals surface area contributed by atoms with Crippen molar-refractivity contribution in [3.8, 4) is 5.75 Å². The monoisotopic (exact) mass is 317 g/mol. The Labute approximate surface area is 133 Å². The number of nitrogens with zero attached hydrogens (tertiary/aromatic N) is 2. The second-order valence-electron chi connectivity index (χ2n) is 5.27.